The fourth-order valence-electron chi connectivity index (χ4n) is 1.61. The molecule has 21 heavy (non-hydrogen) atoms. The lowest BCUT2D eigenvalue weighted by Crippen LogP contribution is -2.17. The Morgan fingerprint density at radius 1 is 1.05 bits per heavy atom. The van der Waals surface area contributed by atoms with Crippen molar-refractivity contribution >= 4 is 11.4 Å². The van der Waals surface area contributed by atoms with Gasteiger partial charge in [-0.05, 0) is 30.3 Å². The summed E-state index contributed by atoms with van der Waals surface area (Å²) in [5.74, 6) is -1.23. The minimum absolute atomic E-state index is 0.0431. The second-order valence-corrected chi connectivity index (χ2v) is 3.98. The van der Waals surface area contributed by atoms with E-state index in [1.807, 2.05) is 0 Å². The molecule has 0 radical (unpaired) electrons. The van der Waals surface area contributed by atoms with Gasteiger partial charge in [-0.1, -0.05) is 12.1 Å². The monoisotopic (exact) mass is 296 g/mol. The minimum atomic E-state index is -4.85. The van der Waals surface area contributed by atoms with Crippen molar-refractivity contribution in [3.63, 3.8) is 0 Å². The zero-order valence-corrected chi connectivity index (χ0v) is 10.4. The lowest BCUT2D eigenvalue weighted by atomic mass is 10.2. The molecule has 1 N–H and O–H groups in total. The summed E-state index contributed by atoms with van der Waals surface area (Å²) in [5.41, 5.74) is 0.00327. The van der Waals surface area contributed by atoms with E-state index >= 15 is 0 Å². The van der Waals surface area contributed by atoms with Gasteiger partial charge in [-0.3, -0.25) is 0 Å². The maximum absolute atomic E-state index is 13.7. The Labute approximate surface area is 117 Å². The first-order valence-corrected chi connectivity index (χ1v) is 5.70. The van der Waals surface area contributed by atoms with Gasteiger partial charge in [0, 0.05) is 0 Å². The Hall–Kier alpha value is -2.75. The van der Waals surface area contributed by atoms with Gasteiger partial charge in [0.25, 0.3) is 0 Å². The number of benzene rings is 2. The molecule has 0 unspecified atom stereocenters. The summed E-state index contributed by atoms with van der Waals surface area (Å²) in [5, 5.41) is 11.1. The van der Waals surface area contributed by atoms with Gasteiger partial charge in [0.2, 0.25) is 0 Å². The molecule has 0 aliphatic carbocycles. The molecule has 0 amide bonds. The van der Waals surface area contributed by atoms with Crippen LogP contribution < -0.4 is 10.1 Å². The van der Waals surface area contributed by atoms with E-state index in [1.165, 1.54) is 30.3 Å². The molecule has 0 aliphatic rings. The second kappa shape index (κ2) is 5.71. The number of anilines is 2. The van der Waals surface area contributed by atoms with Crippen LogP contribution in [0.25, 0.3) is 0 Å². The van der Waals surface area contributed by atoms with E-state index < -0.39 is 17.9 Å². The average molecular weight is 296 g/mol. The fraction of sp³-hybridized carbons (Fsp3) is 0.0714. The second-order valence-electron chi connectivity index (χ2n) is 3.98. The normalized spacial score (nSPS) is 10.8. The molecular formula is C14H8F4N2O. The van der Waals surface area contributed by atoms with Crippen LogP contribution in [0, 0.1) is 17.1 Å². The molecule has 0 bridgehead atoms. The smallest absolute Gasteiger partial charge is 0.404 e. The van der Waals surface area contributed by atoms with E-state index in [4.69, 9.17) is 5.26 Å². The number of rotatable bonds is 3. The Bertz CT molecular complexity index is 692. The number of ether oxygens (including phenoxy) is 1. The SMILES string of the molecule is N#Cc1ccc(Nc2ccccc2OC(F)(F)F)c(F)c1. The zero-order valence-electron chi connectivity index (χ0n) is 10.4. The van der Waals surface area contributed by atoms with E-state index in [2.05, 4.69) is 10.1 Å². The topological polar surface area (TPSA) is 45.0 Å². The molecule has 108 valence electrons. The van der Waals surface area contributed by atoms with Gasteiger partial charge in [0.15, 0.2) is 5.75 Å². The number of halogens is 4. The first kappa shape index (κ1) is 14.7. The predicted octanol–water partition coefficient (Wildman–Crippen LogP) is 4.34. The maximum Gasteiger partial charge on any atom is 0.573 e. The summed E-state index contributed by atoms with van der Waals surface area (Å²) in [7, 11) is 0. The molecule has 0 spiro atoms. The highest BCUT2D eigenvalue weighted by molar-refractivity contribution is 5.67. The summed E-state index contributed by atoms with van der Waals surface area (Å²) in [4.78, 5) is 0. The third-order valence-electron chi connectivity index (χ3n) is 2.48. The van der Waals surface area contributed by atoms with Gasteiger partial charge in [-0.2, -0.15) is 5.26 Å². The van der Waals surface area contributed by atoms with Crippen molar-refractivity contribution in [1.29, 1.82) is 5.26 Å². The number of nitriles is 1. The lowest BCUT2D eigenvalue weighted by molar-refractivity contribution is -0.274. The quantitative estimate of drug-likeness (QED) is 0.857. The van der Waals surface area contributed by atoms with E-state index in [-0.39, 0.29) is 16.9 Å². The van der Waals surface area contributed by atoms with Gasteiger partial charge in [-0.25, -0.2) is 4.39 Å². The first-order valence-electron chi connectivity index (χ1n) is 5.70. The Morgan fingerprint density at radius 2 is 1.76 bits per heavy atom. The summed E-state index contributed by atoms with van der Waals surface area (Å²) < 4.78 is 54.4. The summed E-state index contributed by atoms with van der Waals surface area (Å²) in [6.45, 7) is 0. The number of nitrogens with zero attached hydrogens (tertiary/aromatic N) is 1. The highest BCUT2D eigenvalue weighted by Gasteiger charge is 2.32. The zero-order chi connectivity index (χ0) is 15.5. The van der Waals surface area contributed by atoms with Gasteiger partial charge < -0.3 is 10.1 Å². The first-order chi connectivity index (χ1) is 9.89. The Morgan fingerprint density at radius 3 is 2.38 bits per heavy atom. The molecule has 0 saturated heterocycles. The van der Waals surface area contributed by atoms with E-state index in [0.717, 1.165) is 12.1 Å². The van der Waals surface area contributed by atoms with Crippen molar-refractivity contribution in [2.24, 2.45) is 0 Å². The minimum Gasteiger partial charge on any atom is -0.404 e. The molecule has 0 aromatic heterocycles. The molecule has 2 aromatic carbocycles. The highest BCUT2D eigenvalue weighted by Crippen LogP contribution is 2.32. The van der Waals surface area contributed by atoms with Crippen molar-refractivity contribution < 1.29 is 22.3 Å². The molecule has 3 nitrogen and oxygen atoms in total. The number of alkyl halides is 3. The molecule has 0 atom stereocenters. The van der Waals surface area contributed by atoms with E-state index in [0.29, 0.717) is 0 Å². The largest absolute Gasteiger partial charge is 0.573 e. The predicted molar refractivity (Wildman–Crippen MR) is 67.5 cm³/mol. The molecule has 0 fully saturated rings. The Kier molecular flexibility index (Phi) is 3.98. The number of hydrogen-bond donors (Lipinski definition) is 1. The Balaban J connectivity index is 2.30. The van der Waals surface area contributed by atoms with Gasteiger partial charge in [-0.15, -0.1) is 13.2 Å². The van der Waals surface area contributed by atoms with Gasteiger partial charge >= 0.3 is 6.36 Å². The van der Waals surface area contributed by atoms with Gasteiger partial charge in [0.05, 0.1) is 23.0 Å². The fourth-order valence-corrected chi connectivity index (χ4v) is 1.61. The highest BCUT2D eigenvalue weighted by atomic mass is 19.4. The third kappa shape index (κ3) is 3.86. The van der Waals surface area contributed by atoms with Crippen LogP contribution in [0.4, 0.5) is 28.9 Å². The average Bonchev–Trinajstić information content (AvgIpc) is 2.41. The lowest BCUT2D eigenvalue weighted by Gasteiger charge is -2.14. The summed E-state index contributed by atoms with van der Waals surface area (Å²) >= 11 is 0. The molecule has 0 saturated carbocycles. The molecule has 2 rings (SSSR count). The van der Waals surface area contributed by atoms with Crippen molar-refractivity contribution in [2.75, 3.05) is 5.32 Å². The van der Waals surface area contributed by atoms with Crippen LogP contribution in [0.5, 0.6) is 5.75 Å². The van der Waals surface area contributed by atoms with Crippen LogP contribution >= 0.6 is 0 Å². The molecule has 7 heteroatoms. The van der Waals surface area contributed by atoms with Crippen LogP contribution in [0.2, 0.25) is 0 Å². The molecule has 0 aliphatic heterocycles. The van der Waals surface area contributed by atoms with Crippen LogP contribution in [0.1, 0.15) is 5.56 Å². The number of hydrogen-bond acceptors (Lipinski definition) is 3. The van der Waals surface area contributed by atoms with Crippen molar-refractivity contribution in [3.05, 3.63) is 53.8 Å². The summed E-state index contributed by atoms with van der Waals surface area (Å²) in [6, 6.07) is 10.6. The third-order valence-corrected chi connectivity index (χ3v) is 2.48. The van der Waals surface area contributed by atoms with Crippen LogP contribution in [0.3, 0.4) is 0 Å². The maximum atomic E-state index is 13.7. The van der Waals surface area contributed by atoms with Crippen molar-refractivity contribution in [1.82, 2.24) is 0 Å². The number of para-hydroxylation sites is 2. The molecular weight excluding hydrogens is 288 g/mol. The standard InChI is InChI=1S/C14H8F4N2O/c15-10-7-9(8-19)5-6-11(10)20-12-3-1-2-4-13(12)21-14(16,17)18/h1-7,20H. The van der Waals surface area contributed by atoms with Crippen LogP contribution in [-0.4, -0.2) is 6.36 Å². The molecule has 2 aromatic rings. The van der Waals surface area contributed by atoms with E-state index in [1.54, 1.807) is 6.07 Å². The van der Waals surface area contributed by atoms with Crippen LogP contribution in [-0.2, 0) is 0 Å². The van der Waals surface area contributed by atoms with Crippen molar-refractivity contribution in [2.45, 2.75) is 6.36 Å². The number of nitrogens with one attached hydrogen (secondary N) is 1. The van der Waals surface area contributed by atoms with Crippen LogP contribution in [0.15, 0.2) is 42.5 Å². The summed E-state index contributed by atoms with van der Waals surface area (Å²) in [6.07, 6.45) is -4.85. The van der Waals surface area contributed by atoms with E-state index in [9.17, 15) is 17.6 Å². The van der Waals surface area contributed by atoms with Gasteiger partial charge in [0.1, 0.15) is 5.82 Å². The van der Waals surface area contributed by atoms with Crippen molar-refractivity contribution in [3.8, 4) is 11.8 Å². The molecule has 0 heterocycles.